The molecule has 0 aromatic heterocycles. The molecule has 1 atom stereocenters. The highest BCUT2D eigenvalue weighted by molar-refractivity contribution is 5.90. The molecule has 4 amide bonds. The summed E-state index contributed by atoms with van der Waals surface area (Å²) in [5, 5.41) is 2.94. The molecule has 8 nitrogen and oxygen atoms in total. The van der Waals surface area contributed by atoms with Crippen molar-refractivity contribution in [1.29, 1.82) is 0 Å². The van der Waals surface area contributed by atoms with E-state index in [1.165, 1.54) is 0 Å². The molecule has 0 saturated carbocycles. The maximum atomic E-state index is 13.2. The molecule has 2 spiro atoms. The molecule has 1 N–H and O–H groups in total. The number of nitrogens with one attached hydrogen (secondary N) is 1. The SMILES string of the molecule is COc1cccc(NC(=O)N2CCC3(CC2)CN(C(C)=O)C[C@]32CCN(C)C2=O)c1. The summed E-state index contributed by atoms with van der Waals surface area (Å²) in [5.41, 5.74) is -0.0805. The molecule has 0 bridgehead atoms. The highest BCUT2D eigenvalue weighted by Crippen LogP contribution is 2.57. The maximum Gasteiger partial charge on any atom is 0.321 e. The fourth-order valence-corrected chi connectivity index (χ4v) is 5.54. The van der Waals surface area contributed by atoms with Crippen LogP contribution in [-0.2, 0) is 9.59 Å². The number of benzene rings is 1. The number of piperidine rings is 1. The van der Waals surface area contributed by atoms with Crippen molar-refractivity contribution < 1.29 is 19.1 Å². The molecule has 0 aliphatic carbocycles. The molecule has 162 valence electrons. The molecule has 3 heterocycles. The number of anilines is 1. The van der Waals surface area contributed by atoms with Crippen LogP contribution in [0.4, 0.5) is 10.5 Å². The Bertz CT molecular complexity index is 864. The number of ether oxygens (including phenoxy) is 1. The Hall–Kier alpha value is -2.77. The van der Waals surface area contributed by atoms with Gasteiger partial charge in [0.2, 0.25) is 11.8 Å². The second-order valence-electron chi connectivity index (χ2n) is 8.86. The molecule has 4 rings (SSSR count). The highest BCUT2D eigenvalue weighted by atomic mass is 16.5. The third-order valence-corrected chi connectivity index (χ3v) is 7.37. The maximum absolute atomic E-state index is 13.2. The van der Waals surface area contributed by atoms with E-state index < -0.39 is 5.41 Å². The van der Waals surface area contributed by atoms with Gasteiger partial charge in [-0.3, -0.25) is 9.59 Å². The summed E-state index contributed by atoms with van der Waals surface area (Å²) in [6.45, 7) is 4.55. The molecule has 3 saturated heterocycles. The quantitative estimate of drug-likeness (QED) is 0.803. The predicted molar refractivity (Wildman–Crippen MR) is 112 cm³/mol. The van der Waals surface area contributed by atoms with Crippen LogP contribution in [0.25, 0.3) is 0 Å². The largest absolute Gasteiger partial charge is 0.497 e. The van der Waals surface area contributed by atoms with Gasteiger partial charge in [-0.05, 0) is 31.4 Å². The third kappa shape index (κ3) is 3.18. The lowest BCUT2D eigenvalue weighted by molar-refractivity contribution is -0.141. The Morgan fingerprint density at radius 1 is 1.07 bits per heavy atom. The van der Waals surface area contributed by atoms with E-state index >= 15 is 0 Å². The number of carbonyl (C=O) groups is 3. The van der Waals surface area contributed by atoms with Gasteiger partial charge in [-0.25, -0.2) is 4.79 Å². The molecule has 3 aliphatic rings. The van der Waals surface area contributed by atoms with Crippen molar-refractivity contribution in [2.24, 2.45) is 10.8 Å². The van der Waals surface area contributed by atoms with Gasteiger partial charge in [0.05, 0.1) is 12.5 Å². The first-order chi connectivity index (χ1) is 14.3. The lowest BCUT2D eigenvalue weighted by Crippen LogP contribution is -2.54. The van der Waals surface area contributed by atoms with Crippen molar-refractivity contribution in [3.05, 3.63) is 24.3 Å². The summed E-state index contributed by atoms with van der Waals surface area (Å²) >= 11 is 0. The number of carbonyl (C=O) groups excluding carboxylic acids is 3. The number of amides is 4. The number of nitrogens with zero attached hydrogens (tertiary/aromatic N) is 3. The summed E-state index contributed by atoms with van der Waals surface area (Å²) < 4.78 is 5.21. The number of hydrogen-bond donors (Lipinski definition) is 1. The molecular formula is C22H30N4O4. The van der Waals surface area contributed by atoms with E-state index in [1.807, 2.05) is 30.1 Å². The van der Waals surface area contributed by atoms with Crippen LogP contribution in [0.5, 0.6) is 5.75 Å². The first-order valence-corrected chi connectivity index (χ1v) is 10.5. The minimum atomic E-state index is -0.511. The van der Waals surface area contributed by atoms with E-state index in [1.54, 1.807) is 29.9 Å². The van der Waals surface area contributed by atoms with E-state index in [9.17, 15) is 14.4 Å². The van der Waals surface area contributed by atoms with Crippen molar-refractivity contribution in [1.82, 2.24) is 14.7 Å². The number of methoxy groups -OCH3 is 1. The molecule has 8 heteroatoms. The van der Waals surface area contributed by atoms with E-state index in [0.717, 1.165) is 25.8 Å². The first kappa shape index (κ1) is 20.5. The molecule has 1 aromatic rings. The monoisotopic (exact) mass is 414 g/mol. The van der Waals surface area contributed by atoms with E-state index in [0.29, 0.717) is 37.6 Å². The lowest BCUT2D eigenvalue weighted by atomic mass is 9.60. The van der Waals surface area contributed by atoms with Gasteiger partial charge in [0.15, 0.2) is 0 Å². The van der Waals surface area contributed by atoms with Crippen LogP contribution in [0, 0.1) is 10.8 Å². The molecule has 3 fully saturated rings. The van der Waals surface area contributed by atoms with Crippen LogP contribution in [0.3, 0.4) is 0 Å². The van der Waals surface area contributed by atoms with Crippen LogP contribution in [0.1, 0.15) is 26.2 Å². The Balaban J connectivity index is 1.48. The Morgan fingerprint density at radius 3 is 2.40 bits per heavy atom. The lowest BCUT2D eigenvalue weighted by Gasteiger charge is -2.46. The van der Waals surface area contributed by atoms with Gasteiger partial charge in [0.25, 0.3) is 0 Å². The molecule has 3 aliphatic heterocycles. The average molecular weight is 415 g/mol. The normalized spacial score (nSPS) is 25.3. The Kier molecular flexibility index (Phi) is 5.11. The molecule has 0 radical (unpaired) electrons. The summed E-state index contributed by atoms with van der Waals surface area (Å²) in [6.07, 6.45) is 2.23. The van der Waals surface area contributed by atoms with Gasteiger partial charge in [0, 0.05) is 63.9 Å². The van der Waals surface area contributed by atoms with Gasteiger partial charge in [-0.1, -0.05) is 6.07 Å². The van der Waals surface area contributed by atoms with Crippen LogP contribution < -0.4 is 10.1 Å². The number of rotatable bonds is 2. The Morgan fingerprint density at radius 2 is 1.80 bits per heavy atom. The summed E-state index contributed by atoms with van der Waals surface area (Å²) in [7, 11) is 3.44. The number of hydrogen-bond acceptors (Lipinski definition) is 4. The molecule has 1 aromatic carbocycles. The van der Waals surface area contributed by atoms with Gasteiger partial charge < -0.3 is 24.8 Å². The van der Waals surface area contributed by atoms with Gasteiger partial charge in [-0.2, -0.15) is 0 Å². The van der Waals surface area contributed by atoms with Gasteiger partial charge >= 0.3 is 6.03 Å². The van der Waals surface area contributed by atoms with Crippen LogP contribution in [0.2, 0.25) is 0 Å². The second kappa shape index (κ2) is 7.49. The Labute approximate surface area is 177 Å². The zero-order valence-electron chi connectivity index (χ0n) is 17.9. The van der Waals surface area contributed by atoms with Crippen molar-refractivity contribution in [3.63, 3.8) is 0 Å². The predicted octanol–water partition coefficient (Wildman–Crippen LogP) is 2.02. The summed E-state index contributed by atoms with van der Waals surface area (Å²) in [5.74, 6) is 0.860. The van der Waals surface area contributed by atoms with E-state index in [4.69, 9.17) is 4.74 Å². The molecule has 30 heavy (non-hydrogen) atoms. The second-order valence-corrected chi connectivity index (χ2v) is 8.86. The standard InChI is InChI=1S/C22H30N4O4/c1-16(27)26-14-21(22(15-26)9-10-24(2)19(22)28)7-11-25(12-8-21)20(29)23-17-5-4-6-18(13-17)30-3/h4-6,13H,7-12,14-15H2,1-3H3,(H,23,29)/t22-/m0/s1. The zero-order chi connectivity index (χ0) is 21.5. The number of fused-ring (bicyclic) bond motifs is 1. The van der Waals surface area contributed by atoms with Gasteiger partial charge in [-0.15, -0.1) is 0 Å². The minimum Gasteiger partial charge on any atom is -0.497 e. The summed E-state index contributed by atoms with van der Waals surface area (Å²) in [6, 6.07) is 7.13. The van der Waals surface area contributed by atoms with Crippen LogP contribution in [-0.4, -0.2) is 79.4 Å². The number of urea groups is 1. The molecular weight excluding hydrogens is 384 g/mol. The smallest absolute Gasteiger partial charge is 0.321 e. The van der Waals surface area contributed by atoms with Crippen LogP contribution >= 0.6 is 0 Å². The fraction of sp³-hybridized carbons (Fsp3) is 0.591. The first-order valence-electron chi connectivity index (χ1n) is 10.5. The highest BCUT2D eigenvalue weighted by Gasteiger charge is 2.65. The van der Waals surface area contributed by atoms with Crippen LogP contribution in [0.15, 0.2) is 24.3 Å². The fourth-order valence-electron chi connectivity index (χ4n) is 5.54. The zero-order valence-corrected chi connectivity index (χ0v) is 17.9. The van der Waals surface area contributed by atoms with Crippen molar-refractivity contribution >= 4 is 23.5 Å². The van der Waals surface area contributed by atoms with Crippen molar-refractivity contribution in [2.75, 3.05) is 52.2 Å². The van der Waals surface area contributed by atoms with Gasteiger partial charge in [0.1, 0.15) is 5.75 Å². The summed E-state index contributed by atoms with van der Waals surface area (Å²) in [4.78, 5) is 43.6. The molecule has 0 unspecified atom stereocenters. The van der Waals surface area contributed by atoms with Crippen molar-refractivity contribution in [2.45, 2.75) is 26.2 Å². The van der Waals surface area contributed by atoms with Crippen molar-refractivity contribution in [3.8, 4) is 5.75 Å². The van der Waals surface area contributed by atoms with E-state index in [2.05, 4.69) is 5.32 Å². The minimum absolute atomic E-state index is 0.0202. The average Bonchev–Trinajstić information content (AvgIpc) is 3.21. The number of likely N-dealkylation sites (tertiary alicyclic amines) is 3. The topological polar surface area (TPSA) is 82.2 Å². The third-order valence-electron chi connectivity index (χ3n) is 7.37. The van der Waals surface area contributed by atoms with E-state index in [-0.39, 0.29) is 23.3 Å².